The lowest BCUT2D eigenvalue weighted by atomic mass is 9.96. The van der Waals surface area contributed by atoms with Crippen LogP contribution in [0.3, 0.4) is 0 Å². The van der Waals surface area contributed by atoms with Gasteiger partial charge in [0.1, 0.15) is 5.82 Å². The van der Waals surface area contributed by atoms with Crippen molar-refractivity contribution in [1.82, 2.24) is 15.3 Å². The van der Waals surface area contributed by atoms with Crippen LogP contribution in [0, 0.1) is 6.92 Å². The maximum Gasteiger partial charge on any atom is 0.216 e. The van der Waals surface area contributed by atoms with Gasteiger partial charge in [-0.25, -0.2) is 4.98 Å². The quantitative estimate of drug-likeness (QED) is 0.824. The summed E-state index contributed by atoms with van der Waals surface area (Å²) in [5.41, 5.74) is 1.04. The highest BCUT2D eigenvalue weighted by Crippen LogP contribution is 2.22. The van der Waals surface area contributed by atoms with E-state index in [1.807, 2.05) is 27.0 Å². The standard InChI is InChI=1S/C13H23N3O/c1-6-11(14-5)9(3)12-8-13(17-7-2)16-10(4)15-12/h8-9,11,14H,6-7H2,1-5H3. The second-order valence-corrected chi connectivity index (χ2v) is 4.20. The number of rotatable bonds is 6. The zero-order valence-corrected chi connectivity index (χ0v) is 11.4. The molecule has 4 heteroatoms. The lowest BCUT2D eigenvalue weighted by molar-refractivity contribution is 0.323. The van der Waals surface area contributed by atoms with Gasteiger partial charge in [0.05, 0.1) is 12.3 Å². The van der Waals surface area contributed by atoms with E-state index >= 15 is 0 Å². The third-order valence-corrected chi connectivity index (χ3v) is 3.01. The van der Waals surface area contributed by atoms with Crippen LogP contribution in [0.2, 0.25) is 0 Å². The molecular formula is C13H23N3O. The number of ether oxygens (including phenoxy) is 1. The highest BCUT2D eigenvalue weighted by atomic mass is 16.5. The van der Waals surface area contributed by atoms with Gasteiger partial charge in [-0.1, -0.05) is 13.8 Å². The van der Waals surface area contributed by atoms with Crippen molar-refractivity contribution in [1.29, 1.82) is 0 Å². The van der Waals surface area contributed by atoms with Crippen molar-refractivity contribution in [2.75, 3.05) is 13.7 Å². The first kappa shape index (κ1) is 13.9. The molecule has 1 aromatic rings. The van der Waals surface area contributed by atoms with Gasteiger partial charge in [0.25, 0.3) is 0 Å². The van der Waals surface area contributed by atoms with Crippen LogP contribution < -0.4 is 10.1 Å². The summed E-state index contributed by atoms with van der Waals surface area (Å²) in [5, 5.41) is 3.32. The summed E-state index contributed by atoms with van der Waals surface area (Å²) in [6.07, 6.45) is 1.07. The van der Waals surface area contributed by atoms with Crippen LogP contribution >= 0.6 is 0 Å². The maximum atomic E-state index is 5.45. The molecule has 0 aliphatic rings. The Kier molecular flexibility index (Phi) is 5.35. The molecule has 4 nitrogen and oxygen atoms in total. The van der Waals surface area contributed by atoms with Gasteiger partial charge in [0.15, 0.2) is 0 Å². The number of aromatic nitrogens is 2. The number of aryl methyl sites for hydroxylation is 1. The predicted molar refractivity (Wildman–Crippen MR) is 69.5 cm³/mol. The van der Waals surface area contributed by atoms with Crippen LogP contribution in [0.1, 0.15) is 44.6 Å². The summed E-state index contributed by atoms with van der Waals surface area (Å²) in [7, 11) is 1.99. The first-order chi connectivity index (χ1) is 8.12. The molecule has 2 atom stereocenters. The molecule has 0 aliphatic heterocycles. The lowest BCUT2D eigenvalue weighted by Crippen LogP contribution is -2.30. The number of likely N-dealkylation sites (N-methyl/N-ethyl adjacent to an activating group) is 1. The molecule has 1 N–H and O–H groups in total. The van der Waals surface area contributed by atoms with E-state index < -0.39 is 0 Å². The molecule has 0 aliphatic carbocycles. The molecular weight excluding hydrogens is 214 g/mol. The zero-order valence-electron chi connectivity index (χ0n) is 11.4. The average Bonchev–Trinajstić information content (AvgIpc) is 2.30. The first-order valence-electron chi connectivity index (χ1n) is 6.28. The summed E-state index contributed by atoms with van der Waals surface area (Å²) < 4.78 is 5.45. The smallest absolute Gasteiger partial charge is 0.216 e. The molecule has 1 aromatic heterocycles. The fourth-order valence-electron chi connectivity index (χ4n) is 2.03. The monoisotopic (exact) mass is 237 g/mol. The van der Waals surface area contributed by atoms with Crippen LogP contribution in [-0.2, 0) is 0 Å². The van der Waals surface area contributed by atoms with Gasteiger partial charge in [-0.3, -0.25) is 0 Å². The van der Waals surface area contributed by atoms with Crippen LogP contribution in [0.4, 0.5) is 0 Å². The number of nitrogens with zero attached hydrogens (tertiary/aromatic N) is 2. The Morgan fingerprint density at radius 3 is 2.59 bits per heavy atom. The number of nitrogens with one attached hydrogen (secondary N) is 1. The van der Waals surface area contributed by atoms with E-state index in [0.29, 0.717) is 24.4 Å². The number of hydrogen-bond acceptors (Lipinski definition) is 4. The number of hydrogen-bond donors (Lipinski definition) is 1. The van der Waals surface area contributed by atoms with Gasteiger partial charge in [0, 0.05) is 18.0 Å². The normalized spacial score (nSPS) is 14.4. The molecule has 2 unspecified atom stereocenters. The van der Waals surface area contributed by atoms with Crippen LogP contribution in [0.15, 0.2) is 6.07 Å². The van der Waals surface area contributed by atoms with E-state index in [2.05, 4.69) is 29.1 Å². The molecule has 1 rings (SSSR count). The molecule has 0 saturated carbocycles. The van der Waals surface area contributed by atoms with Crippen molar-refractivity contribution >= 4 is 0 Å². The molecule has 0 bridgehead atoms. The van der Waals surface area contributed by atoms with Gasteiger partial charge in [-0.05, 0) is 27.3 Å². The van der Waals surface area contributed by atoms with Gasteiger partial charge in [-0.15, -0.1) is 0 Å². The van der Waals surface area contributed by atoms with Crippen molar-refractivity contribution in [3.63, 3.8) is 0 Å². The summed E-state index contributed by atoms with van der Waals surface area (Å²) >= 11 is 0. The fourth-order valence-corrected chi connectivity index (χ4v) is 2.03. The Hall–Kier alpha value is -1.16. The molecule has 0 fully saturated rings. The Morgan fingerprint density at radius 2 is 2.06 bits per heavy atom. The second-order valence-electron chi connectivity index (χ2n) is 4.20. The average molecular weight is 237 g/mol. The van der Waals surface area contributed by atoms with Crippen molar-refractivity contribution in [3.8, 4) is 5.88 Å². The molecule has 17 heavy (non-hydrogen) atoms. The minimum absolute atomic E-state index is 0.353. The maximum absolute atomic E-state index is 5.45. The lowest BCUT2D eigenvalue weighted by Gasteiger charge is -2.22. The van der Waals surface area contributed by atoms with Gasteiger partial charge < -0.3 is 10.1 Å². The highest BCUT2D eigenvalue weighted by molar-refractivity contribution is 5.20. The Morgan fingerprint density at radius 1 is 1.35 bits per heavy atom. The Labute approximate surface area is 104 Å². The van der Waals surface area contributed by atoms with Gasteiger partial charge in [-0.2, -0.15) is 4.98 Å². The van der Waals surface area contributed by atoms with Crippen LogP contribution in [-0.4, -0.2) is 29.7 Å². The van der Waals surface area contributed by atoms with E-state index in [1.54, 1.807) is 0 Å². The second kappa shape index (κ2) is 6.55. The Balaban J connectivity index is 2.95. The van der Waals surface area contributed by atoms with E-state index in [9.17, 15) is 0 Å². The van der Waals surface area contributed by atoms with E-state index in [4.69, 9.17) is 4.74 Å². The summed E-state index contributed by atoms with van der Waals surface area (Å²) in [6.45, 7) is 8.85. The molecule has 0 amide bonds. The van der Waals surface area contributed by atoms with Gasteiger partial charge in [0.2, 0.25) is 5.88 Å². The van der Waals surface area contributed by atoms with Crippen LogP contribution in [0.25, 0.3) is 0 Å². The molecule has 0 saturated heterocycles. The minimum atomic E-state index is 0.353. The van der Waals surface area contributed by atoms with Crippen molar-refractivity contribution < 1.29 is 4.74 Å². The third-order valence-electron chi connectivity index (χ3n) is 3.01. The minimum Gasteiger partial charge on any atom is -0.478 e. The van der Waals surface area contributed by atoms with Crippen molar-refractivity contribution in [2.45, 2.75) is 46.1 Å². The molecule has 0 aromatic carbocycles. The van der Waals surface area contributed by atoms with Crippen molar-refractivity contribution in [2.24, 2.45) is 0 Å². The summed E-state index contributed by atoms with van der Waals surface area (Å²) in [4.78, 5) is 8.76. The van der Waals surface area contributed by atoms with Crippen molar-refractivity contribution in [3.05, 3.63) is 17.6 Å². The van der Waals surface area contributed by atoms with Gasteiger partial charge >= 0.3 is 0 Å². The summed E-state index contributed by atoms with van der Waals surface area (Å²) in [5.74, 6) is 1.79. The molecule has 0 spiro atoms. The Bertz CT molecular complexity index is 351. The highest BCUT2D eigenvalue weighted by Gasteiger charge is 2.18. The molecule has 1 heterocycles. The predicted octanol–water partition coefficient (Wildman–Crippen LogP) is 2.29. The first-order valence-corrected chi connectivity index (χ1v) is 6.28. The van der Waals surface area contributed by atoms with E-state index in [-0.39, 0.29) is 0 Å². The zero-order chi connectivity index (χ0) is 12.8. The molecule has 96 valence electrons. The SMILES string of the molecule is CCOc1cc(C(C)C(CC)NC)nc(C)n1. The fraction of sp³-hybridized carbons (Fsp3) is 0.692. The largest absolute Gasteiger partial charge is 0.478 e. The molecule has 0 radical (unpaired) electrons. The summed E-state index contributed by atoms with van der Waals surface area (Å²) in [6, 6.07) is 2.38. The van der Waals surface area contributed by atoms with Crippen LogP contribution in [0.5, 0.6) is 5.88 Å². The van der Waals surface area contributed by atoms with E-state index in [0.717, 1.165) is 17.9 Å². The topological polar surface area (TPSA) is 47.0 Å². The third kappa shape index (κ3) is 3.66. The van der Waals surface area contributed by atoms with E-state index in [1.165, 1.54) is 0 Å².